The Morgan fingerprint density at radius 2 is 2.15 bits per heavy atom. The predicted octanol–water partition coefficient (Wildman–Crippen LogP) is 3.06. The molecule has 3 aromatic heterocycles. The molecule has 0 aliphatic carbocycles. The number of aryl methyl sites for hydroxylation is 1. The zero-order chi connectivity index (χ0) is 17.9. The molecule has 4 heterocycles. The summed E-state index contributed by atoms with van der Waals surface area (Å²) in [5, 5.41) is 6.98. The van der Waals surface area contributed by atoms with Crippen molar-refractivity contribution in [3.05, 3.63) is 54.2 Å². The molecular formula is C19H20N4O3. The van der Waals surface area contributed by atoms with E-state index < -0.39 is 0 Å². The second kappa shape index (κ2) is 7.03. The standard InChI is InChI=1S/C19H20N4O3/c1-13-4-5-15(12-20-13)26-14-6-8-23(9-7-14)19(24)17-11-16(21-22-17)18-3-2-10-25-18/h2-5,10-12,14H,6-9H2,1H3,(H,21,22). The van der Waals surface area contributed by atoms with Crippen LogP contribution in [0, 0.1) is 6.92 Å². The normalized spacial score (nSPS) is 15.2. The van der Waals surface area contributed by atoms with Gasteiger partial charge < -0.3 is 14.1 Å². The van der Waals surface area contributed by atoms with E-state index in [-0.39, 0.29) is 12.0 Å². The van der Waals surface area contributed by atoms with Crippen molar-refractivity contribution in [2.24, 2.45) is 0 Å². The molecular weight excluding hydrogens is 332 g/mol. The Labute approximate surface area is 151 Å². The Morgan fingerprint density at radius 1 is 1.31 bits per heavy atom. The van der Waals surface area contributed by atoms with Crippen molar-refractivity contribution in [1.82, 2.24) is 20.1 Å². The highest BCUT2D eigenvalue weighted by Gasteiger charge is 2.26. The number of nitrogens with zero attached hydrogens (tertiary/aromatic N) is 3. The highest BCUT2D eigenvalue weighted by atomic mass is 16.5. The van der Waals surface area contributed by atoms with Crippen LogP contribution in [0.4, 0.5) is 0 Å². The van der Waals surface area contributed by atoms with Gasteiger partial charge in [-0.25, -0.2) is 0 Å². The number of nitrogens with one attached hydrogen (secondary N) is 1. The average molecular weight is 352 g/mol. The molecule has 0 bridgehead atoms. The van der Waals surface area contributed by atoms with Gasteiger partial charge in [0.2, 0.25) is 0 Å². The van der Waals surface area contributed by atoms with E-state index in [4.69, 9.17) is 9.15 Å². The van der Waals surface area contributed by atoms with Crippen LogP contribution in [-0.2, 0) is 0 Å². The largest absolute Gasteiger partial charge is 0.489 e. The van der Waals surface area contributed by atoms with E-state index in [1.807, 2.05) is 30.0 Å². The first-order chi connectivity index (χ1) is 12.7. The van der Waals surface area contributed by atoms with Gasteiger partial charge in [-0.3, -0.25) is 14.9 Å². The maximum Gasteiger partial charge on any atom is 0.274 e. The van der Waals surface area contributed by atoms with E-state index in [0.717, 1.165) is 24.3 Å². The zero-order valence-corrected chi connectivity index (χ0v) is 14.5. The van der Waals surface area contributed by atoms with E-state index in [0.29, 0.717) is 30.2 Å². The number of piperidine rings is 1. The molecule has 134 valence electrons. The Balaban J connectivity index is 1.34. The summed E-state index contributed by atoms with van der Waals surface area (Å²) < 4.78 is 11.3. The molecule has 26 heavy (non-hydrogen) atoms. The molecule has 1 saturated heterocycles. The van der Waals surface area contributed by atoms with Gasteiger partial charge in [0, 0.05) is 37.7 Å². The van der Waals surface area contributed by atoms with Crippen LogP contribution < -0.4 is 4.74 Å². The summed E-state index contributed by atoms with van der Waals surface area (Å²) in [6.07, 6.45) is 5.00. The summed E-state index contributed by atoms with van der Waals surface area (Å²) in [4.78, 5) is 18.7. The predicted molar refractivity (Wildman–Crippen MR) is 94.8 cm³/mol. The Kier molecular flexibility index (Phi) is 4.43. The number of ether oxygens (including phenoxy) is 1. The van der Waals surface area contributed by atoms with E-state index in [1.54, 1.807) is 24.6 Å². The molecule has 0 aromatic carbocycles. The van der Waals surface area contributed by atoms with Crippen LogP contribution in [0.3, 0.4) is 0 Å². The highest BCUT2D eigenvalue weighted by Crippen LogP contribution is 2.22. The molecule has 1 N–H and O–H groups in total. The van der Waals surface area contributed by atoms with Gasteiger partial charge in [0.1, 0.15) is 17.5 Å². The molecule has 1 amide bonds. The SMILES string of the molecule is Cc1ccc(OC2CCN(C(=O)c3cc(-c4ccco4)[nH]n3)CC2)cn1. The summed E-state index contributed by atoms with van der Waals surface area (Å²) >= 11 is 0. The van der Waals surface area contributed by atoms with Crippen LogP contribution in [0.5, 0.6) is 5.75 Å². The first-order valence-electron chi connectivity index (χ1n) is 8.67. The van der Waals surface area contributed by atoms with Crippen molar-refractivity contribution in [1.29, 1.82) is 0 Å². The first kappa shape index (κ1) is 16.4. The minimum Gasteiger partial charge on any atom is -0.489 e. The van der Waals surface area contributed by atoms with Gasteiger partial charge in [-0.05, 0) is 31.2 Å². The zero-order valence-electron chi connectivity index (χ0n) is 14.5. The monoisotopic (exact) mass is 352 g/mol. The van der Waals surface area contributed by atoms with Crippen LogP contribution in [0.25, 0.3) is 11.5 Å². The van der Waals surface area contributed by atoms with Crippen molar-refractivity contribution in [3.8, 4) is 17.2 Å². The molecule has 0 radical (unpaired) electrons. The van der Waals surface area contributed by atoms with Crippen molar-refractivity contribution < 1.29 is 13.9 Å². The van der Waals surface area contributed by atoms with Crippen molar-refractivity contribution in [2.45, 2.75) is 25.9 Å². The fourth-order valence-corrected chi connectivity index (χ4v) is 3.04. The molecule has 0 saturated carbocycles. The lowest BCUT2D eigenvalue weighted by atomic mass is 10.1. The number of hydrogen-bond acceptors (Lipinski definition) is 5. The summed E-state index contributed by atoms with van der Waals surface area (Å²) in [5.74, 6) is 1.36. The van der Waals surface area contributed by atoms with E-state index in [9.17, 15) is 4.79 Å². The number of pyridine rings is 1. The maximum atomic E-state index is 12.6. The number of likely N-dealkylation sites (tertiary alicyclic amines) is 1. The summed E-state index contributed by atoms with van der Waals surface area (Å²) in [5.41, 5.74) is 2.06. The fraction of sp³-hybridized carbons (Fsp3) is 0.316. The Morgan fingerprint density at radius 3 is 2.85 bits per heavy atom. The molecule has 0 spiro atoms. The van der Waals surface area contributed by atoms with Crippen LogP contribution in [0.2, 0.25) is 0 Å². The molecule has 1 fully saturated rings. The molecule has 0 unspecified atom stereocenters. The molecule has 7 heteroatoms. The molecule has 1 aliphatic heterocycles. The number of rotatable bonds is 4. The minimum atomic E-state index is -0.0745. The third-order valence-electron chi connectivity index (χ3n) is 4.50. The summed E-state index contributed by atoms with van der Waals surface area (Å²) in [6.45, 7) is 3.23. The molecule has 4 rings (SSSR count). The van der Waals surface area contributed by atoms with Crippen LogP contribution in [-0.4, -0.2) is 45.2 Å². The molecule has 1 aliphatic rings. The Bertz CT molecular complexity index is 863. The number of H-pyrrole nitrogens is 1. The van der Waals surface area contributed by atoms with Crippen molar-refractivity contribution in [2.75, 3.05) is 13.1 Å². The van der Waals surface area contributed by atoms with E-state index in [2.05, 4.69) is 15.2 Å². The van der Waals surface area contributed by atoms with Gasteiger partial charge in [0.15, 0.2) is 11.5 Å². The van der Waals surface area contributed by atoms with E-state index >= 15 is 0 Å². The topological polar surface area (TPSA) is 84.2 Å². The quantitative estimate of drug-likeness (QED) is 0.780. The third kappa shape index (κ3) is 3.46. The van der Waals surface area contributed by atoms with Gasteiger partial charge in [-0.15, -0.1) is 0 Å². The van der Waals surface area contributed by atoms with Crippen LogP contribution in [0.15, 0.2) is 47.2 Å². The van der Waals surface area contributed by atoms with Gasteiger partial charge in [-0.1, -0.05) is 0 Å². The number of aromatic amines is 1. The highest BCUT2D eigenvalue weighted by molar-refractivity contribution is 5.93. The summed E-state index contributed by atoms with van der Waals surface area (Å²) in [6, 6.07) is 9.21. The molecule has 3 aromatic rings. The van der Waals surface area contributed by atoms with Crippen LogP contribution in [0.1, 0.15) is 29.0 Å². The average Bonchev–Trinajstić information content (AvgIpc) is 3.35. The maximum absolute atomic E-state index is 12.6. The Hall–Kier alpha value is -3.09. The van der Waals surface area contributed by atoms with Crippen molar-refractivity contribution in [3.63, 3.8) is 0 Å². The minimum absolute atomic E-state index is 0.0745. The summed E-state index contributed by atoms with van der Waals surface area (Å²) in [7, 11) is 0. The van der Waals surface area contributed by atoms with E-state index in [1.165, 1.54) is 0 Å². The third-order valence-corrected chi connectivity index (χ3v) is 4.50. The number of aromatic nitrogens is 3. The number of carbonyl (C=O) groups excluding carboxylic acids is 1. The first-order valence-corrected chi connectivity index (χ1v) is 8.67. The lowest BCUT2D eigenvalue weighted by Gasteiger charge is -2.31. The number of amides is 1. The number of hydrogen-bond donors (Lipinski definition) is 1. The molecule has 0 atom stereocenters. The van der Waals surface area contributed by atoms with Crippen LogP contribution >= 0.6 is 0 Å². The second-order valence-electron chi connectivity index (χ2n) is 6.39. The van der Waals surface area contributed by atoms with Crippen molar-refractivity contribution >= 4 is 5.91 Å². The van der Waals surface area contributed by atoms with Gasteiger partial charge in [0.05, 0.1) is 12.5 Å². The number of furan rings is 1. The fourth-order valence-electron chi connectivity index (χ4n) is 3.04. The van der Waals surface area contributed by atoms with Gasteiger partial charge >= 0.3 is 0 Å². The molecule has 7 nitrogen and oxygen atoms in total. The smallest absolute Gasteiger partial charge is 0.274 e. The van der Waals surface area contributed by atoms with Gasteiger partial charge in [0.25, 0.3) is 5.91 Å². The lowest BCUT2D eigenvalue weighted by Crippen LogP contribution is -2.41. The lowest BCUT2D eigenvalue weighted by molar-refractivity contribution is 0.0589. The second-order valence-corrected chi connectivity index (χ2v) is 6.39. The number of carbonyl (C=O) groups is 1. The van der Waals surface area contributed by atoms with Gasteiger partial charge in [-0.2, -0.15) is 5.10 Å².